The SMILES string of the molecule is CC1(C)OC(=O)N([C@H]2CC[C@H](Nc3cc(F)c(Br)c(F)c3[N+](=O)[O-])CC2)[C@H]1c1ccccc1. The number of nitro groups is 1. The predicted molar refractivity (Wildman–Crippen MR) is 122 cm³/mol. The molecule has 0 spiro atoms. The summed E-state index contributed by atoms with van der Waals surface area (Å²) in [4.78, 5) is 25.1. The number of hydrogen-bond acceptors (Lipinski definition) is 5. The second-order valence-electron chi connectivity index (χ2n) is 8.98. The van der Waals surface area contributed by atoms with Crippen LogP contribution in [0.3, 0.4) is 0 Å². The molecule has 176 valence electrons. The molecule has 33 heavy (non-hydrogen) atoms. The average molecular weight is 524 g/mol. The van der Waals surface area contributed by atoms with Crippen LogP contribution < -0.4 is 5.32 Å². The van der Waals surface area contributed by atoms with Crippen molar-refractivity contribution in [1.29, 1.82) is 0 Å². The highest BCUT2D eigenvalue weighted by Gasteiger charge is 2.51. The first-order chi connectivity index (χ1) is 15.6. The summed E-state index contributed by atoms with van der Waals surface area (Å²) in [5.41, 5.74) is -0.685. The summed E-state index contributed by atoms with van der Waals surface area (Å²) in [6, 6.07) is 10.1. The van der Waals surface area contributed by atoms with E-state index in [4.69, 9.17) is 4.74 Å². The Hall–Kier alpha value is -2.75. The molecule has 1 saturated carbocycles. The van der Waals surface area contributed by atoms with Gasteiger partial charge in [-0.2, -0.15) is 4.39 Å². The number of benzene rings is 2. The minimum absolute atomic E-state index is 0.0732. The van der Waals surface area contributed by atoms with Gasteiger partial charge in [0.2, 0.25) is 5.82 Å². The van der Waals surface area contributed by atoms with Crippen LogP contribution in [-0.2, 0) is 4.74 Å². The van der Waals surface area contributed by atoms with E-state index in [9.17, 15) is 23.7 Å². The molecule has 2 aromatic carbocycles. The Kier molecular flexibility index (Phi) is 6.30. The molecule has 1 N–H and O–H groups in total. The van der Waals surface area contributed by atoms with Crippen molar-refractivity contribution in [1.82, 2.24) is 4.90 Å². The van der Waals surface area contributed by atoms with Gasteiger partial charge in [0.15, 0.2) is 0 Å². The van der Waals surface area contributed by atoms with E-state index in [1.54, 1.807) is 4.90 Å². The number of nitrogens with one attached hydrogen (secondary N) is 1. The van der Waals surface area contributed by atoms with Gasteiger partial charge in [0.1, 0.15) is 17.1 Å². The van der Waals surface area contributed by atoms with E-state index in [2.05, 4.69) is 21.2 Å². The molecule has 0 bridgehead atoms. The van der Waals surface area contributed by atoms with Crippen molar-refractivity contribution in [2.75, 3.05) is 5.32 Å². The van der Waals surface area contributed by atoms with Crippen molar-refractivity contribution in [2.24, 2.45) is 0 Å². The fraction of sp³-hybridized carbons (Fsp3) is 0.435. The smallest absolute Gasteiger partial charge is 0.411 e. The van der Waals surface area contributed by atoms with Gasteiger partial charge in [-0.25, -0.2) is 9.18 Å². The van der Waals surface area contributed by atoms with Crippen molar-refractivity contribution in [3.05, 3.63) is 68.2 Å². The van der Waals surface area contributed by atoms with Crippen LogP contribution in [0, 0.1) is 21.7 Å². The number of ether oxygens (including phenoxy) is 1. The quantitative estimate of drug-likeness (QED) is 0.281. The molecule has 2 fully saturated rings. The maximum atomic E-state index is 14.3. The summed E-state index contributed by atoms with van der Waals surface area (Å²) in [6.07, 6.45) is 2.04. The lowest BCUT2D eigenvalue weighted by Crippen LogP contribution is -2.44. The number of carbonyl (C=O) groups is 1. The van der Waals surface area contributed by atoms with Gasteiger partial charge < -0.3 is 10.1 Å². The summed E-state index contributed by atoms with van der Waals surface area (Å²) in [6.45, 7) is 3.79. The fourth-order valence-electron chi connectivity index (χ4n) is 4.92. The van der Waals surface area contributed by atoms with E-state index in [0.29, 0.717) is 25.7 Å². The number of halogens is 3. The lowest BCUT2D eigenvalue weighted by molar-refractivity contribution is -0.386. The number of carbonyl (C=O) groups excluding carboxylic acids is 1. The number of anilines is 1. The Morgan fingerprint density at radius 2 is 1.82 bits per heavy atom. The molecule has 0 radical (unpaired) electrons. The zero-order valence-corrected chi connectivity index (χ0v) is 19.8. The van der Waals surface area contributed by atoms with Crippen LogP contribution in [0.1, 0.15) is 51.1 Å². The first kappa shape index (κ1) is 23.4. The Balaban J connectivity index is 1.50. The fourth-order valence-corrected chi connectivity index (χ4v) is 5.23. The van der Waals surface area contributed by atoms with E-state index < -0.39 is 32.3 Å². The third-order valence-corrected chi connectivity index (χ3v) is 7.11. The van der Waals surface area contributed by atoms with Crippen LogP contribution in [0.4, 0.5) is 25.0 Å². The maximum Gasteiger partial charge on any atom is 0.411 e. The van der Waals surface area contributed by atoms with Crippen molar-refractivity contribution in [3.63, 3.8) is 0 Å². The molecule has 1 aliphatic heterocycles. The number of nitro benzene ring substituents is 1. The first-order valence-corrected chi connectivity index (χ1v) is 11.5. The van der Waals surface area contributed by atoms with Gasteiger partial charge in [-0.15, -0.1) is 0 Å². The Labute approximate surface area is 198 Å². The van der Waals surface area contributed by atoms with Gasteiger partial charge in [-0.3, -0.25) is 15.0 Å². The van der Waals surface area contributed by atoms with Gasteiger partial charge in [-0.05, 0) is 61.0 Å². The molecule has 10 heteroatoms. The van der Waals surface area contributed by atoms with E-state index in [1.165, 1.54) is 0 Å². The van der Waals surface area contributed by atoms with Gasteiger partial charge in [0.25, 0.3) is 0 Å². The Morgan fingerprint density at radius 3 is 2.42 bits per heavy atom. The van der Waals surface area contributed by atoms with Crippen molar-refractivity contribution in [2.45, 2.75) is 63.3 Å². The monoisotopic (exact) mass is 523 g/mol. The molecular formula is C23H24BrF2N3O4. The molecule has 2 aliphatic rings. The number of amides is 1. The molecular weight excluding hydrogens is 500 g/mol. The van der Waals surface area contributed by atoms with Gasteiger partial charge in [0, 0.05) is 18.2 Å². The predicted octanol–water partition coefficient (Wildman–Crippen LogP) is 6.33. The zero-order chi connectivity index (χ0) is 23.9. The topological polar surface area (TPSA) is 84.7 Å². The Bertz CT molecular complexity index is 1080. The summed E-state index contributed by atoms with van der Waals surface area (Å²) < 4.78 is 33.4. The van der Waals surface area contributed by atoms with Crippen LogP contribution in [0.25, 0.3) is 0 Å². The molecule has 1 saturated heterocycles. The van der Waals surface area contributed by atoms with Crippen LogP contribution in [0.5, 0.6) is 0 Å². The van der Waals surface area contributed by atoms with Crippen LogP contribution in [0.2, 0.25) is 0 Å². The van der Waals surface area contributed by atoms with E-state index in [1.807, 2.05) is 44.2 Å². The van der Waals surface area contributed by atoms with Crippen molar-refractivity contribution < 1.29 is 23.2 Å². The molecule has 1 atom stereocenters. The zero-order valence-electron chi connectivity index (χ0n) is 18.2. The normalized spacial score (nSPS) is 24.5. The second kappa shape index (κ2) is 8.89. The molecule has 2 aromatic rings. The maximum absolute atomic E-state index is 14.3. The third-order valence-electron chi connectivity index (χ3n) is 6.38. The molecule has 1 amide bonds. The molecule has 0 unspecified atom stereocenters. The van der Waals surface area contributed by atoms with Gasteiger partial charge in [0.05, 0.1) is 15.4 Å². The molecule has 0 aromatic heterocycles. The highest BCUT2D eigenvalue weighted by molar-refractivity contribution is 9.10. The summed E-state index contributed by atoms with van der Waals surface area (Å²) >= 11 is 2.71. The van der Waals surface area contributed by atoms with Crippen LogP contribution in [-0.4, -0.2) is 33.6 Å². The highest BCUT2D eigenvalue weighted by atomic mass is 79.9. The first-order valence-electron chi connectivity index (χ1n) is 10.7. The highest BCUT2D eigenvalue weighted by Crippen LogP contribution is 2.45. The van der Waals surface area contributed by atoms with E-state index >= 15 is 0 Å². The number of rotatable bonds is 5. The molecule has 1 aliphatic carbocycles. The molecule has 7 nitrogen and oxygen atoms in total. The molecule has 1 heterocycles. The minimum Gasteiger partial charge on any atom is -0.441 e. The largest absolute Gasteiger partial charge is 0.441 e. The summed E-state index contributed by atoms with van der Waals surface area (Å²) in [5, 5.41) is 14.3. The minimum atomic E-state index is -1.25. The lowest BCUT2D eigenvalue weighted by Gasteiger charge is -2.38. The van der Waals surface area contributed by atoms with Crippen molar-refractivity contribution >= 4 is 33.4 Å². The van der Waals surface area contributed by atoms with Gasteiger partial charge >= 0.3 is 11.8 Å². The average Bonchev–Trinajstić information content (AvgIpc) is 3.01. The van der Waals surface area contributed by atoms with Crippen LogP contribution in [0.15, 0.2) is 40.9 Å². The summed E-state index contributed by atoms with van der Waals surface area (Å²) in [7, 11) is 0. The van der Waals surface area contributed by atoms with Gasteiger partial charge in [-0.1, -0.05) is 30.3 Å². The van der Waals surface area contributed by atoms with E-state index in [0.717, 1.165) is 11.6 Å². The number of cyclic esters (lactones) is 1. The van der Waals surface area contributed by atoms with Crippen LogP contribution >= 0.6 is 15.9 Å². The lowest BCUT2D eigenvalue weighted by atomic mass is 9.86. The Morgan fingerprint density at radius 1 is 1.18 bits per heavy atom. The number of nitrogens with zero attached hydrogens (tertiary/aromatic N) is 2. The van der Waals surface area contributed by atoms with E-state index in [-0.39, 0.29) is 29.9 Å². The second-order valence-corrected chi connectivity index (χ2v) is 9.77. The van der Waals surface area contributed by atoms with Crippen molar-refractivity contribution in [3.8, 4) is 0 Å². The summed E-state index contributed by atoms with van der Waals surface area (Å²) in [5.74, 6) is -2.16. The molecule has 4 rings (SSSR count). The third kappa shape index (κ3) is 4.40. The standard InChI is InChI=1S/C23H24BrF2N3O4/c1-23(2)21(13-6-4-3-5-7-13)28(22(30)33-23)15-10-8-14(9-11-15)27-17-12-16(25)18(24)19(26)20(17)29(31)32/h3-7,12,14-15,21,27H,8-11H2,1-2H3/t14-,15-,21-/m0/s1. The number of hydrogen-bond donors (Lipinski definition) is 1.